The highest BCUT2D eigenvalue weighted by molar-refractivity contribution is 5.15. The van der Waals surface area contributed by atoms with E-state index in [-0.39, 0.29) is 5.41 Å². The van der Waals surface area contributed by atoms with E-state index in [0.29, 0.717) is 5.92 Å². The van der Waals surface area contributed by atoms with Gasteiger partial charge in [0.15, 0.2) is 0 Å². The molecule has 0 bridgehead atoms. The largest absolute Gasteiger partial charge is 0.345 e. The first kappa shape index (κ1) is 8.75. The van der Waals surface area contributed by atoms with Crippen LogP contribution in [0.4, 0.5) is 0 Å². The molecule has 0 amide bonds. The summed E-state index contributed by atoms with van der Waals surface area (Å²) in [5, 5.41) is 3.26. The number of nitrogens with one attached hydrogen (secondary N) is 2. The molecule has 13 heavy (non-hydrogen) atoms. The van der Waals surface area contributed by atoms with E-state index in [9.17, 15) is 0 Å². The molecule has 0 saturated carbocycles. The van der Waals surface area contributed by atoms with Crippen LogP contribution < -0.4 is 5.32 Å². The molecular weight excluding hydrogens is 162 g/mol. The highest BCUT2D eigenvalue weighted by Gasteiger charge is 2.23. The van der Waals surface area contributed by atoms with E-state index in [0.717, 1.165) is 18.9 Å². The predicted octanol–water partition coefficient (Wildman–Crippen LogP) is 1.39. The summed E-state index contributed by atoms with van der Waals surface area (Å²) in [7, 11) is 0. The van der Waals surface area contributed by atoms with Gasteiger partial charge in [0.1, 0.15) is 5.82 Å². The van der Waals surface area contributed by atoms with Crippen LogP contribution >= 0.6 is 0 Å². The summed E-state index contributed by atoms with van der Waals surface area (Å²) < 4.78 is 0. The average molecular weight is 179 g/mol. The maximum atomic E-state index is 4.41. The molecule has 1 aliphatic heterocycles. The van der Waals surface area contributed by atoms with E-state index in [4.69, 9.17) is 0 Å². The van der Waals surface area contributed by atoms with Gasteiger partial charge in [-0.15, -0.1) is 0 Å². The Labute approximate surface area is 79.0 Å². The van der Waals surface area contributed by atoms with Gasteiger partial charge in [-0.05, 0) is 0 Å². The summed E-state index contributed by atoms with van der Waals surface area (Å²) in [6, 6.07) is 0. The van der Waals surface area contributed by atoms with Gasteiger partial charge in [0.2, 0.25) is 0 Å². The maximum Gasteiger partial charge on any atom is 0.111 e. The van der Waals surface area contributed by atoms with Crippen molar-refractivity contribution < 1.29 is 0 Å². The third-order valence-electron chi connectivity index (χ3n) is 2.53. The van der Waals surface area contributed by atoms with Gasteiger partial charge in [0.05, 0.1) is 0 Å². The van der Waals surface area contributed by atoms with Crippen molar-refractivity contribution >= 4 is 0 Å². The van der Waals surface area contributed by atoms with Gasteiger partial charge in [-0.1, -0.05) is 20.8 Å². The molecule has 3 nitrogen and oxygen atoms in total. The standard InChI is InChI=1S/C10H17N3/c1-10(2,3)9-12-6-8(13-9)7-4-11-5-7/h6-7,11H,4-5H2,1-3H3,(H,12,13). The van der Waals surface area contributed by atoms with Crippen molar-refractivity contribution in [2.24, 2.45) is 0 Å². The van der Waals surface area contributed by atoms with Crippen LogP contribution in [0.15, 0.2) is 6.20 Å². The van der Waals surface area contributed by atoms with E-state index in [2.05, 4.69) is 36.1 Å². The number of hydrogen-bond acceptors (Lipinski definition) is 2. The molecule has 0 unspecified atom stereocenters. The molecule has 1 aromatic heterocycles. The first-order valence-corrected chi connectivity index (χ1v) is 4.83. The van der Waals surface area contributed by atoms with Crippen molar-refractivity contribution in [3.8, 4) is 0 Å². The average Bonchev–Trinajstić information content (AvgIpc) is 2.29. The van der Waals surface area contributed by atoms with Crippen molar-refractivity contribution in [1.29, 1.82) is 0 Å². The summed E-state index contributed by atoms with van der Waals surface area (Å²) in [5.41, 5.74) is 1.42. The van der Waals surface area contributed by atoms with E-state index in [1.54, 1.807) is 0 Å². The minimum atomic E-state index is 0.134. The highest BCUT2D eigenvalue weighted by Crippen LogP contribution is 2.23. The zero-order valence-corrected chi connectivity index (χ0v) is 8.52. The van der Waals surface area contributed by atoms with Crippen LogP contribution in [0, 0.1) is 0 Å². The molecular formula is C10H17N3. The van der Waals surface area contributed by atoms with E-state index < -0.39 is 0 Å². The van der Waals surface area contributed by atoms with Crippen LogP contribution in [0.2, 0.25) is 0 Å². The van der Waals surface area contributed by atoms with E-state index in [1.165, 1.54) is 5.69 Å². The van der Waals surface area contributed by atoms with Gasteiger partial charge in [-0.2, -0.15) is 0 Å². The van der Waals surface area contributed by atoms with Crippen LogP contribution in [0.1, 0.15) is 38.2 Å². The Balaban J connectivity index is 2.17. The molecule has 2 heterocycles. The Morgan fingerprint density at radius 3 is 2.46 bits per heavy atom. The van der Waals surface area contributed by atoms with Gasteiger partial charge < -0.3 is 10.3 Å². The fourth-order valence-electron chi connectivity index (χ4n) is 1.43. The predicted molar refractivity (Wildman–Crippen MR) is 52.9 cm³/mol. The first-order valence-electron chi connectivity index (χ1n) is 4.83. The second-order valence-electron chi connectivity index (χ2n) is 4.79. The minimum absolute atomic E-state index is 0.134. The number of hydrogen-bond donors (Lipinski definition) is 2. The SMILES string of the molecule is CC(C)(C)c1ncc(C2CNC2)[nH]1. The van der Waals surface area contributed by atoms with Crippen LogP contribution in [0.5, 0.6) is 0 Å². The van der Waals surface area contributed by atoms with Crippen LogP contribution in [-0.4, -0.2) is 23.1 Å². The summed E-state index contributed by atoms with van der Waals surface area (Å²) in [5.74, 6) is 1.75. The molecule has 72 valence electrons. The molecule has 2 N–H and O–H groups in total. The van der Waals surface area contributed by atoms with E-state index >= 15 is 0 Å². The number of aromatic nitrogens is 2. The van der Waals surface area contributed by atoms with Gasteiger partial charge in [0, 0.05) is 36.3 Å². The van der Waals surface area contributed by atoms with Gasteiger partial charge in [-0.25, -0.2) is 4.98 Å². The molecule has 2 rings (SSSR count). The second-order valence-corrected chi connectivity index (χ2v) is 4.79. The highest BCUT2D eigenvalue weighted by atomic mass is 15.0. The summed E-state index contributed by atoms with van der Waals surface area (Å²) >= 11 is 0. The smallest absolute Gasteiger partial charge is 0.111 e. The first-order chi connectivity index (χ1) is 6.07. The summed E-state index contributed by atoms with van der Waals surface area (Å²) in [6.45, 7) is 8.70. The van der Waals surface area contributed by atoms with E-state index in [1.807, 2.05) is 6.20 Å². The lowest BCUT2D eigenvalue weighted by atomic mass is 9.96. The number of nitrogens with zero attached hydrogens (tertiary/aromatic N) is 1. The molecule has 0 atom stereocenters. The fraction of sp³-hybridized carbons (Fsp3) is 0.700. The van der Waals surface area contributed by atoms with Crippen molar-refractivity contribution in [2.45, 2.75) is 32.1 Å². The third-order valence-corrected chi connectivity index (χ3v) is 2.53. The number of H-pyrrole nitrogens is 1. The van der Waals surface area contributed by atoms with Crippen molar-refractivity contribution in [3.63, 3.8) is 0 Å². The lowest BCUT2D eigenvalue weighted by Crippen LogP contribution is -2.40. The molecule has 0 radical (unpaired) electrons. The fourth-order valence-corrected chi connectivity index (χ4v) is 1.43. The van der Waals surface area contributed by atoms with Gasteiger partial charge in [-0.3, -0.25) is 0 Å². The number of aromatic amines is 1. The topological polar surface area (TPSA) is 40.7 Å². The van der Waals surface area contributed by atoms with Gasteiger partial charge >= 0.3 is 0 Å². The Kier molecular flexibility index (Phi) is 1.91. The Hall–Kier alpha value is -0.830. The second kappa shape index (κ2) is 2.84. The number of rotatable bonds is 1. The molecule has 0 aromatic carbocycles. The molecule has 0 aliphatic carbocycles. The molecule has 1 fully saturated rings. The molecule has 1 saturated heterocycles. The quantitative estimate of drug-likeness (QED) is 0.684. The molecule has 1 aliphatic rings. The van der Waals surface area contributed by atoms with Crippen LogP contribution in [0.25, 0.3) is 0 Å². The zero-order chi connectivity index (χ0) is 9.47. The Bertz CT molecular complexity index is 291. The normalized spacial score (nSPS) is 18.7. The Morgan fingerprint density at radius 1 is 1.38 bits per heavy atom. The third kappa shape index (κ3) is 1.61. The Morgan fingerprint density at radius 2 is 2.08 bits per heavy atom. The van der Waals surface area contributed by atoms with Gasteiger partial charge in [0.25, 0.3) is 0 Å². The zero-order valence-electron chi connectivity index (χ0n) is 8.52. The molecule has 0 spiro atoms. The van der Waals surface area contributed by atoms with Crippen molar-refractivity contribution in [2.75, 3.05) is 13.1 Å². The lowest BCUT2D eigenvalue weighted by molar-refractivity contribution is 0.438. The minimum Gasteiger partial charge on any atom is -0.345 e. The van der Waals surface area contributed by atoms with Crippen molar-refractivity contribution in [1.82, 2.24) is 15.3 Å². The molecule has 1 aromatic rings. The summed E-state index contributed by atoms with van der Waals surface area (Å²) in [6.07, 6.45) is 1.98. The monoisotopic (exact) mass is 179 g/mol. The molecule has 3 heteroatoms. The van der Waals surface area contributed by atoms with Crippen LogP contribution in [0.3, 0.4) is 0 Å². The maximum absolute atomic E-state index is 4.41. The lowest BCUT2D eigenvalue weighted by Gasteiger charge is -2.25. The summed E-state index contributed by atoms with van der Waals surface area (Å²) in [4.78, 5) is 7.81. The van der Waals surface area contributed by atoms with Crippen molar-refractivity contribution in [3.05, 3.63) is 17.7 Å². The number of imidazole rings is 1. The van der Waals surface area contributed by atoms with Crippen LogP contribution in [-0.2, 0) is 5.41 Å².